The molecule has 0 radical (unpaired) electrons. The summed E-state index contributed by atoms with van der Waals surface area (Å²) in [4.78, 5) is 37.7. The summed E-state index contributed by atoms with van der Waals surface area (Å²) in [7, 11) is 1.61. The third kappa shape index (κ3) is 2.13. The Balaban J connectivity index is 2.16. The summed E-state index contributed by atoms with van der Waals surface area (Å²) >= 11 is 0. The lowest BCUT2D eigenvalue weighted by Crippen LogP contribution is -2.44. The lowest BCUT2D eigenvalue weighted by atomic mass is 10.0. The van der Waals surface area contributed by atoms with Crippen molar-refractivity contribution in [2.75, 3.05) is 17.3 Å². The number of benzene rings is 1. The Kier molecular flexibility index (Phi) is 3.15. The topological polar surface area (TPSA) is 91.6 Å². The number of pyridine rings is 1. The van der Waals surface area contributed by atoms with Crippen LogP contribution in [0.25, 0.3) is 10.9 Å². The zero-order valence-electron chi connectivity index (χ0n) is 13.7. The summed E-state index contributed by atoms with van der Waals surface area (Å²) in [5.41, 5.74) is -0.349. The number of rotatable bonds is 2. The molecule has 25 heavy (non-hydrogen) atoms. The summed E-state index contributed by atoms with van der Waals surface area (Å²) in [5.74, 6) is -2.33. The van der Waals surface area contributed by atoms with Gasteiger partial charge in [-0.2, -0.15) is 0 Å². The van der Waals surface area contributed by atoms with Crippen LogP contribution in [0, 0.1) is 5.82 Å². The molecule has 1 atom stereocenters. The molecule has 0 spiro atoms. The highest BCUT2D eigenvalue weighted by Crippen LogP contribution is 2.43. The smallest absolute Gasteiger partial charge is 0.341 e. The van der Waals surface area contributed by atoms with Crippen molar-refractivity contribution in [3.8, 4) is 0 Å². The van der Waals surface area contributed by atoms with Crippen LogP contribution in [-0.2, 0) is 4.79 Å². The van der Waals surface area contributed by atoms with Crippen molar-refractivity contribution in [1.29, 1.82) is 0 Å². The predicted molar refractivity (Wildman–Crippen MR) is 89.9 cm³/mol. The number of anilines is 2. The van der Waals surface area contributed by atoms with Crippen LogP contribution in [0.2, 0.25) is 0 Å². The first-order chi connectivity index (χ1) is 11.8. The Morgan fingerprint density at radius 2 is 2.04 bits per heavy atom. The number of hydrogen-bond donors (Lipinski definition) is 2. The highest BCUT2D eigenvalue weighted by molar-refractivity contribution is 6.12. The van der Waals surface area contributed by atoms with E-state index in [1.54, 1.807) is 18.5 Å². The third-order valence-electron chi connectivity index (χ3n) is 4.97. The van der Waals surface area contributed by atoms with E-state index in [1.807, 2.05) is 0 Å². The number of aromatic carboxylic acids is 1. The van der Waals surface area contributed by atoms with Crippen LogP contribution in [0.5, 0.6) is 0 Å². The number of carboxylic acid groups (broad SMARTS) is 1. The Hall–Kier alpha value is -2.90. The maximum absolute atomic E-state index is 14.7. The van der Waals surface area contributed by atoms with Gasteiger partial charge in [0.25, 0.3) is 0 Å². The van der Waals surface area contributed by atoms with Gasteiger partial charge in [0.05, 0.1) is 22.3 Å². The molecule has 7 nitrogen and oxygen atoms in total. The fourth-order valence-electron chi connectivity index (χ4n) is 3.33. The second-order valence-corrected chi connectivity index (χ2v) is 6.57. The average Bonchev–Trinajstić information content (AvgIpc) is 3.37. The van der Waals surface area contributed by atoms with Crippen LogP contribution in [-0.4, -0.2) is 34.6 Å². The van der Waals surface area contributed by atoms with Crippen LogP contribution in [0.15, 0.2) is 17.1 Å². The number of carbonyl (C=O) groups excluding carboxylic acids is 1. The lowest BCUT2D eigenvalue weighted by Gasteiger charge is -2.34. The largest absolute Gasteiger partial charge is 0.477 e. The molecule has 1 unspecified atom stereocenters. The molecule has 8 heteroatoms. The summed E-state index contributed by atoms with van der Waals surface area (Å²) < 4.78 is 16.4. The van der Waals surface area contributed by atoms with Crippen LogP contribution in [0.4, 0.5) is 15.8 Å². The predicted octanol–water partition coefficient (Wildman–Crippen LogP) is 1.95. The van der Waals surface area contributed by atoms with Crippen LogP contribution >= 0.6 is 0 Å². The first-order valence-electron chi connectivity index (χ1n) is 7.99. The van der Waals surface area contributed by atoms with Crippen molar-refractivity contribution < 1.29 is 19.1 Å². The van der Waals surface area contributed by atoms with E-state index in [4.69, 9.17) is 0 Å². The molecule has 1 amide bonds. The van der Waals surface area contributed by atoms with Crippen molar-refractivity contribution in [3.05, 3.63) is 33.9 Å². The SMILES string of the molecule is CC1C(=O)Nc2c(c(F)cc3c(=O)c(C(=O)O)cn(C4CC4)c23)N1C. The van der Waals surface area contributed by atoms with Crippen molar-refractivity contribution in [2.45, 2.75) is 31.8 Å². The van der Waals surface area contributed by atoms with E-state index in [0.29, 0.717) is 5.52 Å². The highest BCUT2D eigenvalue weighted by atomic mass is 19.1. The molecule has 2 N–H and O–H groups in total. The number of nitrogens with one attached hydrogen (secondary N) is 1. The second-order valence-electron chi connectivity index (χ2n) is 6.57. The minimum atomic E-state index is -1.35. The number of fused-ring (bicyclic) bond motifs is 3. The van der Waals surface area contributed by atoms with Gasteiger partial charge in [-0.1, -0.05) is 0 Å². The number of carboxylic acids is 1. The molecule has 1 saturated carbocycles. The van der Waals surface area contributed by atoms with Crippen molar-refractivity contribution in [1.82, 2.24) is 4.57 Å². The third-order valence-corrected chi connectivity index (χ3v) is 4.97. The van der Waals surface area contributed by atoms with E-state index in [0.717, 1.165) is 18.9 Å². The number of aromatic nitrogens is 1. The molecule has 1 fully saturated rings. The molecule has 2 aliphatic rings. The summed E-state index contributed by atoms with van der Waals surface area (Å²) in [5, 5.41) is 12.0. The van der Waals surface area contributed by atoms with E-state index in [2.05, 4.69) is 5.32 Å². The maximum atomic E-state index is 14.7. The van der Waals surface area contributed by atoms with Gasteiger partial charge in [0.2, 0.25) is 11.3 Å². The monoisotopic (exact) mass is 345 g/mol. The van der Waals surface area contributed by atoms with Gasteiger partial charge in [0.1, 0.15) is 17.4 Å². The van der Waals surface area contributed by atoms with Crippen molar-refractivity contribution in [2.24, 2.45) is 0 Å². The van der Waals surface area contributed by atoms with Crippen LogP contribution in [0.1, 0.15) is 36.2 Å². The molecule has 2 aromatic rings. The highest BCUT2D eigenvalue weighted by Gasteiger charge is 2.35. The maximum Gasteiger partial charge on any atom is 0.341 e. The zero-order chi connectivity index (χ0) is 18.0. The molecule has 1 aliphatic heterocycles. The van der Waals surface area contributed by atoms with E-state index in [1.165, 1.54) is 11.1 Å². The van der Waals surface area contributed by atoms with E-state index in [-0.39, 0.29) is 28.7 Å². The first-order valence-corrected chi connectivity index (χ1v) is 7.99. The first kappa shape index (κ1) is 15.6. The van der Waals surface area contributed by atoms with Crippen LogP contribution < -0.4 is 15.6 Å². The van der Waals surface area contributed by atoms with Gasteiger partial charge in [0, 0.05) is 19.3 Å². The van der Waals surface area contributed by atoms with Gasteiger partial charge < -0.3 is 19.9 Å². The zero-order valence-corrected chi connectivity index (χ0v) is 13.7. The van der Waals surface area contributed by atoms with Gasteiger partial charge in [-0.3, -0.25) is 9.59 Å². The number of nitrogens with zero attached hydrogens (tertiary/aromatic N) is 2. The van der Waals surface area contributed by atoms with Crippen molar-refractivity contribution in [3.63, 3.8) is 0 Å². The quantitative estimate of drug-likeness (QED) is 0.868. The molecule has 2 heterocycles. The van der Waals surface area contributed by atoms with Gasteiger partial charge in [-0.05, 0) is 25.8 Å². The minimum absolute atomic E-state index is 0.0358. The van der Waals surface area contributed by atoms with Gasteiger partial charge in [0.15, 0.2) is 0 Å². The van der Waals surface area contributed by atoms with E-state index in [9.17, 15) is 23.9 Å². The lowest BCUT2D eigenvalue weighted by molar-refractivity contribution is -0.117. The molecule has 0 saturated heterocycles. The molecule has 4 rings (SSSR count). The fraction of sp³-hybridized carbons (Fsp3) is 0.353. The van der Waals surface area contributed by atoms with Gasteiger partial charge in [-0.25, -0.2) is 9.18 Å². The van der Waals surface area contributed by atoms with Gasteiger partial charge in [-0.15, -0.1) is 0 Å². The Morgan fingerprint density at radius 3 is 2.64 bits per heavy atom. The Bertz CT molecular complexity index is 1010. The molecule has 130 valence electrons. The fourth-order valence-corrected chi connectivity index (χ4v) is 3.33. The average molecular weight is 345 g/mol. The van der Waals surface area contributed by atoms with Crippen molar-refractivity contribution >= 4 is 34.2 Å². The summed E-state index contributed by atoms with van der Waals surface area (Å²) in [6.45, 7) is 1.66. The Morgan fingerprint density at radius 1 is 1.36 bits per heavy atom. The second kappa shape index (κ2) is 5.05. The Labute approximate surface area is 141 Å². The number of likely N-dealkylation sites (N-methyl/N-ethyl adjacent to an activating group) is 1. The molecular weight excluding hydrogens is 329 g/mol. The number of halogens is 1. The molecule has 1 aliphatic carbocycles. The molecule has 0 bridgehead atoms. The number of amides is 1. The molecular formula is C17H16FN3O4. The van der Waals surface area contributed by atoms with Crippen LogP contribution in [0.3, 0.4) is 0 Å². The number of hydrogen-bond acceptors (Lipinski definition) is 4. The molecule has 1 aromatic heterocycles. The standard InChI is InChI=1S/C17H16FN3O4/c1-7-16(23)19-12-13-9(5-11(18)14(12)20(7)2)15(22)10(17(24)25)6-21(13)8-3-4-8/h5-8H,3-4H2,1-2H3,(H,19,23)(H,24,25). The summed E-state index contributed by atoms with van der Waals surface area (Å²) in [6.07, 6.45) is 2.97. The van der Waals surface area contributed by atoms with E-state index < -0.39 is 28.8 Å². The summed E-state index contributed by atoms with van der Waals surface area (Å²) in [6, 6.07) is 0.554. The van der Waals surface area contributed by atoms with Gasteiger partial charge >= 0.3 is 5.97 Å². The molecule has 1 aromatic carbocycles. The van der Waals surface area contributed by atoms with E-state index >= 15 is 0 Å². The number of carbonyl (C=O) groups is 2. The minimum Gasteiger partial charge on any atom is -0.477 e. The normalized spacial score (nSPS) is 19.7.